The van der Waals surface area contributed by atoms with Gasteiger partial charge in [0.15, 0.2) is 0 Å². The fourth-order valence-electron chi connectivity index (χ4n) is 2.33. The van der Waals surface area contributed by atoms with E-state index in [1.807, 2.05) is 0 Å². The molecule has 0 unspecified atom stereocenters. The van der Waals surface area contributed by atoms with E-state index in [1.165, 1.54) is 31.3 Å². The van der Waals surface area contributed by atoms with Gasteiger partial charge in [-0.25, -0.2) is 22.9 Å². The van der Waals surface area contributed by atoms with E-state index in [1.54, 1.807) is 24.3 Å². The number of carbonyl (C=O) groups is 1. The Hall–Kier alpha value is -3.04. The number of para-hydroxylation sites is 1. The number of esters is 1. The van der Waals surface area contributed by atoms with Gasteiger partial charge in [0.05, 0.1) is 21.4 Å². The third-order valence-corrected chi connectivity index (χ3v) is 5.06. The van der Waals surface area contributed by atoms with Crippen LogP contribution in [0, 0.1) is 0 Å². The van der Waals surface area contributed by atoms with E-state index < -0.39 is 16.0 Å². The Morgan fingerprint density at radius 3 is 2.73 bits per heavy atom. The summed E-state index contributed by atoms with van der Waals surface area (Å²) in [7, 11) is -2.39. The van der Waals surface area contributed by atoms with E-state index in [9.17, 15) is 18.0 Å². The zero-order valence-electron chi connectivity index (χ0n) is 13.7. The first-order chi connectivity index (χ1) is 12.4. The molecule has 3 rings (SSSR count). The number of rotatable bonds is 5. The van der Waals surface area contributed by atoms with Crippen LogP contribution in [-0.4, -0.2) is 31.4 Å². The molecule has 0 spiro atoms. The van der Waals surface area contributed by atoms with Crippen LogP contribution in [0.2, 0.25) is 0 Å². The van der Waals surface area contributed by atoms with E-state index in [2.05, 4.69) is 14.7 Å². The van der Waals surface area contributed by atoms with Crippen LogP contribution in [-0.2, 0) is 21.4 Å². The molecule has 26 heavy (non-hydrogen) atoms. The van der Waals surface area contributed by atoms with E-state index in [-0.39, 0.29) is 28.4 Å². The number of benzene rings is 2. The predicted octanol–water partition coefficient (Wildman–Crippen LogP) is 1.19. The Morgan fingerprint density at radius 2 is 1.96 bits per heavy atom. The summed E-state index contributed by atoms with van der Waals surface area (Å²) in [4.78, 5) is 30.9. The van der Waals surface area contributed by atoms with Gasteiger partial charge in [0, 0.05) is 0 Å². The van der Waals surface area contributed by atoms with Crippen molar-refractivity contribution >= 4 is 26.9 Å². The molecular weight excluding hydrogens is 358 g/mol. The van der Waals surface area contributed by atoms with Gasteiger partial charge in [-0.05, 0) is 37.4 Å². The molecule has 0 fully saturated rings. The molecule has 134 valence electrons. The molecule has 0 saturated heterocycles. The number of nitrogens with zero attached hydrogens (tertiary/aromatic N) is 1. The number of fused-ring (bicyclic) bond motifs is 1. The highest BCUT2D eigenvalue weighted by atomic mass is 32.2. The number of H-pyrrole nitrogens is 1. The lowest BCUT2D eigenvalue weighted by Crippen LogP contribution is -2.19. The third kappa shape index (κ3) is 3.63. The molecule has 3 aromatic rings. The average Bonchev–Trinajstić information content (AvgIpc) is 2.66. The number of ether oxygens (including phenoxy) is 1. The lowest BCUT2D eigenvalue weighted by molar-refractivity contribution is 0.0462. The Labute approximate surface area is 148 Å². The van der Waals surface area contributed by atoms with Crippen molar-refractivity contribution in [1.82, 2.24) is 14.7 Å². The summed E-state index contributed by atoms with van der Waals surface area (Å²) in [5.74, 6) is -0.532. The number of carbonyl (C=O) groups excluding carboxylic acids is 1. The normalized spacial score (nSPS) is 11.4. The molecule has 0 radical (unpaired) electrons. The van der Waals surface area contributed by atoms with Gasteiger partial charge in [-0.3, -0.25) is 4.79 Å². The molecule has 2 N–H and O–H groups in total. The lowest BCUT2D eigenvalue weighted by atomic mass is 10.2. The van der Waals surface area contributed by atoms with E-state index in [0.717, 1.165) is 0 Å². The van der Waals surface area contributed by atoms with Crippen molar-refractivity contribution in [3.05, 3.63) is 70.3 Å². The molecule has 0 amide bonds. The fraction of sp³-hybridized carbons (Fsp3) is 0.118. The number of sulfonamides is 1. The van der Waals surface area contributed by atoms with Crippen LogP contribution in [0.25, 0.3) is 10.9 Å². The summed E-state index contributed by atoms with van der Waals surface area (Å²) in [5, 5.41) is 0.438. The van der Waals surface area contributed by atoms with Crippen molar-refractivity contribution in [1.29, 1.82) is 0 Å². The summed E-state index contributed by atoms with van der Waals surface area (Å²) < 4.78 is 30.9. The Morgan fingerprint density at radius 1 is 1.19 bits per heavy atom. The molecule has 9 heteroatoms. The largest absolute Gasteiger partial charge is 0.454 e. The predicted molar refractivity (Wildman–Crippen MR) is 94.2 cm³/mol. The molecule has 2 aromatic carbocycles. The first-order valence-electron chi connectivity index (χ1n) is 7.59. The maximum Gasteiger partial charge on any atom is 0.338 e. The second-order valence-electron chi connectivity index (χ2n) is 5.34. The summed E-state index contributed by atoms with van der Waals surface area (Å²) >= 11 is 0. The summed E-state index contributed by atoms with van der Waals surface area (Å²) in [6, 6.07) is 12.3. The number of hydrogen-bond acceptors (Lipinski definition) is 6. The number of aromatic nitrogens is 2. The van der Waals surface area contributed by atoms with Crippen molar-refractivity contribution < 1.29 is 17.9 Å². The van der Waals surface area contributed by atoms with Gasteiger partial charge >= 0.3 is 5.97 Å². The van der Waals surface area contributed by atoms with Gasteiger partial charge in [0.25, 0.3) is 5.56 Å². The third-order valence-electron chi connectivity index (χ3n) is 3.65. The quantitative estimate of drug-likeness (QED) is 0.649. The Kier molecular flexibility index (Phi) is 4.83. The van der Waals surface area contributed by atoms with Crippen LogP contribution in [0.4, 0.5) is 0 Å². The molecule has 0 atom stereocenters. The minimum atomic E-state index is -3.67. The summed E-state index contributed by atoms with van der Waals surface area (Å²) in [5.41, 5.74) is 0.234. The second kappa shape index (κ2) is 7.06. The number of hydrogen-bond donors (Lipinski definition) is 2. The topological polar surface area (TPSA) is 118 Å². The molecule has 0 aliphatic carbocycles. The van der Waals surface area contributed by atoms with E-state index in [4.69, 9.17) is 4.74 Å². The van der Waals surface area contributed by atoms with Crippen molar-refractivity contribution in [3.63, 3.8) is 0 Å². The number of nitrogens with one attached hydrogen (secondary N) is 2. The zero-order chi connectivity index (χ0) is 18.7. The minimum Gasteiger partial charge on any atom is -0.454 e. The molecule has 8 nitrogen and oxygen atoms in total. The van der Waals surface area contributed by atoms with Gasteiger partial charge in [-0.1, -0.05) is 18.2 Å². The van der Waals surface area contributed by atoms with Gasteiger partial charge in [0.1, 0.15) is 12.4 Å². The Bertz CT molecular complexity index is 1140. The van der Waals surface area contributed by atoms with Crippen LogP contribution in [0.5, 0.6) is 0 Å². The lowest BCUT2D eigenvalue weighted by Gasteiger charge is -2.07. The van der Waals surface area contributed by atoms with Crippen LogP contribution in [0.1, 0.15) is 16.2 Å². The monoisotopic (exact) mass is 373 g/mol. The van der Waals surface area contributed by atoms with Crippen molar-refractivity contribution in [3.8, 4) is 0 Å². The highest BCUT2D eigenvalue weighted by Crippen LogP contribution is 2.13. The van der Waals surface area contributed by atoms with E-state index >= 15 is 0 Å². The first kappa shape index (κ1) is 17.8. The highest BCUT2D eigenvalue weighted by molar-refractivity contribution is 7.89. The smallest absolute Gasteiger partial charge is 0.338 e. The van der Waals surface area contributed by atoms with E-state index in [0.29, 0.717) is 10.9 Å². The molecule has 1 aromatic heterocycles. The van der Waals surface area contributed by atoms with Gasteiger partial charge in [-0.15, -0.1) is 0 Å². The SMILES string of the molecule is CNS(=O)(=O)c1cccc(C(=O)OCc2nc3ccccc3c(=O)[nH]2)c1. The zero-order valence-corrected chi connectivity index (χ0v) is 14.5. The first-order valence-corrected chi connectivity index (χ1v) is 9.08. The second-order valence-corrected chi connectivity index (χ2v) is 7.23. The summed E-state index contributed by atoms with van der Waals surface area (Å²) in [6.07, 6.45) is 0. The molecular formula is C17H15N3O5S. The molecule has 1 heterocycles. The van der Waals surface area contributed by atoms with Gasteiger partial charge in [-0.2, -0.15) is 0 Å². The maximum absolute atomic E-state index is 12.2. The molecule has 0 aliphatic rings. The van der Waals surface area contributed by atoms with Crippen molar-refractivity contribution in [2.75, 3.05) is 7.05 Å². The van der Waals surface area contributed by atoms with Crippen LogP contribution >= 0.6 is 0 Å². The average molecular weight is 373 g/mol. The molecule has 0 bridgehead atoms. The highest BCUT2D eigenvalue weighted by Gasteiger charge is 2.15. The minimum absolute atomic E-state index is 0.0494. The Balaban J connectivity index is 1.79. The maximum atomic E-state index is 12.2. The van der Waals surface area contributed by atoms with Crippen LogP contribution in [0.3, 0.4) is 0 Å². The van der Waals surface area contributed by atoms with Crippen molar-refractivity contribution in [2.45, 2.75) is 11.5 Å². The van der Waals surface area contributed by atoms with Crippen LogP contribution in [0.15, 0.2) is 58.2 Å². The van der Waals surface area contributed by atoms with Gasteiger partial charge < -0.3 is 9.72 Å². The van der Waals surface area contributed by atoms with Gasteiger partial charge in [0.2, 0.25) is 10.0 Å². The molecule has 0 aliphatic heterocycles. The van der Waals surface area contributed by atoms with Crippen molar-refractivity contribution in [2.24, 2.45) is 0 Å². The van der Waals surface area contributed by atoms with Crippen LogP contribution < -0.4 is 10.3 Å². The fourth-order valence-corrected chi connectivity index (χ4v) is 3.10. The molecule has 0 saturated carbocycles. The number of aromatic amines is 1. The standard InChI is InChI=1S/C17H15N3O5S/c1-18-26(23,24)12-6-4-5-11(9-12)17(22)25-10-15-19-14-8-3-2-7-13(14)16(21)20-15/h2-9,18H,10H2,1H3,(H,19,20,21). The summed E-state index contributed by atoms with van der Waals surface area (Å²) in [6.45, 7) is -0.248.